The molecule has 1 spiro atoms. The van der Waals surface area contributed by atoms with Crippen LogP contribution in [0, 0.1) is 5.41 Å². The largest absolute Gasteiger partial charge is 0.487 e. The van der Waals surface area contributed by atoms with Crippen molar-refractivity contribution in [2.24, 2.45) is 5.41 Å². The molecule has 0 atom stereocenters. The van der Waals surface area contributed by atoms with Gasteiger partial charge in [-0.1, -0.05) is 0 Å². The van der Waals surface area contributed by atoms with E-state index in [-0.39, 0.29) is 5.41 Å². The van der Waals surface area contributed by atoms with Crippen LogP contribution in [0.5, 0.6) is 5.75 Å². The van der Waals surface area contributed by atoms with E-state index >= 15 is 0 Å². The second kappa shape index (κ2) is 6.41. The number of rotatable bonds is 4. The second-order valence-corrected chi connectivity index (χ2v) is 10.3. The Morgan fingerprint density at radius 3 is 2.08 bits per heavy atom. The molecule has 4 nitrogen and oxygen atoms in total. The van der Waals surface area contributed by atoms with Crippen molar-refractivity contribution in [3.63, 3.8) is 0 Å². The van der Waals surface area contributed by atoms with Gasteiger partial charge in [0.2, 0.25) is 0 Å². The highest BCUT2D eigenvalue weighted by Crippen LogP contribution is 2.42. The molecule has 146 valence electrons. The summed E-state index contributed by atoms with van der Waals surface area (Å²) in [5.41, 5.74) is -1.29. The van der Waals surface area contributed by atoms with Gasteiger partial charge in [0.05, 0.1) is 17.1 Å². The third-order valence-electron chi connectivity index (χ3n) is 5.15. The molecule has 1 aromatic carbocycles. The minimum atomic E-state index is -4.35. The monoisotopic (exact) mass is 391 g/mol. The minimum Gasteiger partial charge on any atom is -0.487 e. The zero-order valence-corrected chi connectivity index (χ0v) is 15.8. The van der Waals surface area contributed by atoms with Crippen molar-refractivity contribution in [2.75, 3.05) is 31.1 Å². The molecule has 26 heavy (non-hydrogen) atoms. The summed E-state index contributed by atoms with van der Waals surface area (Å²) in [6.45, 7) is 6.08. The summed E-state index contributed by atoms with van der Waals surface area (Å²) >= 11 is 0. The highest BCUT2D eigenvalue weighted by molar-refractivity contribution is 7.92. The van der Waals surface area contributed by atoms with Gasteiger partial charge < -0.3 is 4.74 Å². The Balaban J connectivity index is 1.53. The van der Waals surface area contributed by atoms with Crippen molar-refractivity contribution in [2.45, 2.75) is 38.5 Å². The van der Waals surface area contributed by atoms with Crippen LogP contribution in [0.1, 0.15) is 32.3 Å². The van der Waals surface area contributed by atoms with Gasteiger partial charge in [-0.3, -0.25) is 4.90 Å². The maximum atomic E-state index is 12.6. The van der Waals surface area contributed by atoms with E-state index in [1.165, 1.54) is 12.1 Å². The lowest BCUT2D eigenvalue weighted by molar-refractivity contribution is -0.137. The van der Waals surface area contributed by atoms with Crippen LogP contribution in [0.15, 0.2) is 24.3 Å². The first-order valence-corrected chi connectivity index (χ1v) is 10.5. The van der Waals surface area contributed by atoms with Crippen LogP contribution in [-0.2, 0) is 16.0 Å². The Kier molecular flexibility index (Phi) is 4.80. The number of nitrogens with zero attached hydrogens (tertiary/aromatic N) is 1. The number of benzene rings is 1. The lowest BCUT2D eigenvalue weighted by atomic mass is 9.81. The van der Waals surface area contributed by atoms with Crippen LogP contribution in [-0.4, -0.2) is 50.1 Å². The second-order valence-electron chi connectivity index (χ2n) is 8.19. The van der Waals surface area contributed by atoms with Crippen molar-refractivity contribution in [3.05, 3.63) is 29.8 Å². The number of likely N-dealkylation sites (tertiary alicyclic amines) is 1. The Bertz CT molecular complexity index is 735. The molecule has 2 saturated heterocycles. The molecule has 2 fully saturated rings. The zero-order chi connectivity index (χ0) is 19.2. The number of alkyl halides is 3. The van der Waals surface area contributed by atoms with Gasteiger partial charge in [-0.25, -0.2) is 8.42 Å². The predicted molar refractivity (Wildman–Crippen MR) is 92.9 cm³/mol. The fourth-order valence-corrected chi connectivity index (χ4v) is 6.33. The topological polar surface area (TPSA) is 46.6 Å². The molecule has 0 aliphatic carbocycles. The summed E-state index contributed by atoms with van der Waals surface area (Å²) in [5.74, 6) is 1.01. The van der Waals surface area contributed by atoms with Crippen molar-refractivity contribution < 1.29 is 26.3 Å². The number of hydrogen-bond acceptors (Lipinski definition) is 4. The fraction of sp³-hybridized carbons (Fsp3) is 0.667. The SMILES string of the molecule is CC(C)(CN1CCC2(CC1)CS(=O)(=O)C2)Oc1ccc(C(F)(F)F)cc1. The molecular formula is C18H24F3NO3S. The van der Waals surface area contributed by atoms with E-state index in [0.29, 0.717) is 23.8 Å². The summed E-state index contributed by atoms with van der Waals surface area (Å²) in [6, 6.07) is 4.73. The molecule has 8 heteroatoms. The molecule has 0 N–H and O–H groups in total. The molecular weight excluding hydrogens is 367 g/mol. The summed E-state index contributed by atoms with van der Waals surface area (Å²) in [7, 11) is -2.82. The molecule has 2 aliphatic rings. The number of sulfone groups is 1. The highest BCUT2D eigenvalue weighted by atomic mass is 32.2. The average molecular weight is 391 g/mol. The minimum absolute atomic E-state index is 0.0340. The smallest absolute Gasteiger partial charge is 0.416 e. The third kappa shape index (κ3) is 4.52. The summed E-state index contributed by atoms with van der Waals surface area (Å²) in [4.78, 5) is 2.24. The Morgan fingerprint density at radius 1 is 1.08 bits per heavy atom. The zero-order valence-electron chi connectivity index (χ0n) is 15.0. The first-order chi connectivity index (χ1) is 11.9. The fourth-order valence-electron chi connectivity index (χ4n) is 3.97. The van der Waals surface area contributed by atoms with Crippen LogP contribution >= 0.6 is 0 Å². The number of piperidine rings is 1. The molecule has 1 aromatic rings. The Hall–Kier alpha value is -1.28. The molecule has 3 rings (SSSR count). The maximum Gasteiger partial charge on any atom is 0.416 e. The molecule has 0 radical (unpaired) electrons. The van der Waals surface area contributed by atoms with Crippen LogP contribution in [0.2, 0.25) is 0 Å². The van der Waals surface area contributed by atoms with Crippen molar-refractivity contribution >= 4 is 9.84 Å². The molecule has 2 heterocycles. The molecule has 0 saturated carbocycles. The number of ether oxygens (including phenoxy) is 1. The van der Waals surface area contributed by atoms with Crippen LogP contribution in [0.4, 0.5) is 13.2 Å². The van der Waals surface area contributed by atoms with Gasteiger partial charge in [0.15, 0.2) is 9.84 Å². The third-order valence-corrected chi connectivity index (χ3v) is 7.25. The van der Waals surface area contributed by atoms with E-state index < -0.39 is 27.2 Å². The van der Waals surface area contributed by atoms with Gasteiger partial charge in [-0.15, -0.1) is 0 Å². The van der Waals surface area contributed by atoms with Crippen LogP contribution in [0.25, 0.3) is 0 Å². The van der Waals surface area contributed by atoms with Crippen LogP contribution < -0.4 is 4.74 Å². The predicted octanol–water partition coefficient (Wildman–Crippen LogP) is 3.37. The normalized spacial score (nSPS) is 22.8. The molecule has 0 aromatic heterocycles. The quantitative estimate of drug-likeness (QED) is 0.790. The van der Waals surface area contributed by atoms with Gasteiger partial charge in [0.25, 0.3) is 0 Å². The molecule has 0 bridgehead atoms. The Morgan fingerprint density at radius 2 is 1.62 bits per heavy atom. The summed E-state index contributed by atoms with van der Waals surface area (Å²) in [6.07, 6.45) is -2.63. The van der Waals surface area contributed by atoms with E-state index in [9.17, 15) is 21.6 Å². The van der Waals surface area contributed by atoms with Crippen molar-refractivity contribution in [3.8, 4) is 5.75 Å². The van der Waals surface area contributed by atoms with E-state index in [2.05, 4.69) is 4.90 Å². The van der Waals surface area contributed by atoms with E-state index in [1.54, 1.807) is 0 Å². The lowest BCUT2D eigenvalue weighted by Crippen LogP contribution is -2.56. The standard InChI is InChI=1S/C18H24F3NO3S/c1-16(2,25-15-5-3-14(4-6-15)18(19,20)21)11-22-9-7-17(8-10-22)12-26(23,24)13-17/h3-6H,7-13H2,1-2H3. The Labute approximate surface area is 152 Å². The van der Waals surface area contributed by atoms with Gasteiger partial charge in [-0.2, -0.15) is 13.2 Å². The highest BCUT2D eigenvalue weighted by Gasteiger charge is 2.49. The van der Waals surface area contributed by atoms with Crippen LogP contribution in [0.3, 0.4) is 0 Å². The summed E-state index contributed by atoms with van der Waals surface area (Å²) in [5, 5.41) is 0. The van der Waals surface area contributed by atoms with Crippen molar-refractivity contribution in [1.29, 1.82) is 0 Å². The van der Waals surface area contributed by atoms with Gasteiger partial charge >= 0.3 is 6.18 Å². The lowest BCUT2D eigenvalue weighted by Gasteiger charge is -2.48. The van der Waals surface area contributed by atoms with Gasteiger partial charge in [-0.05, 0) is 64.0 Å². The summed E-state index contributed by atoms with van der Waals surface area (Å²) < 4.78 is 66.7. The van der Waals surface area contributed by atoms with Crippen molar-refractivity contribution in [1.82, 2.24) is 4.90 Å². The molecule has 2 aliphatic heterocycles. The first-order valence-electron chi connectivity index (χ1n) is 8.67. The number of halogens is 3. The van der Waals surface area contributed by atoms with Gasteiger partial charge in [0, 0.05) is 12.0 Å². The maximum absolute atomic E-state index is 12.6. The van der Waals surface area contributed by atoms with E-state index in [4.69, 9.17) is 4.74 Å². The van der Waals surface area contributed by atoms with Gasteiger partial charge in [0.1, 0.15) is 11.4 Å². The molecule has 0 amide bonds. The average Bonchev–Trinajstić information content (AvgIpc) is 2.46. The van der Waals surface area contributed by atoms with E-state index in [1.807, 2.05) is 13.8 Å². The number of hydrogen-bond donors (Lipinski definition) is 0. The first kappa shape index (κ1) is 19.5. The van der Waals surface area contributed by atoms with E-state index in [0.717, 1.165) is 38.1 Å². The molecule has 0 unspecified atom stereocenters.